The van der Waals surface area contributed by atoms with Crippen molar-refractivity contribution in [3.63, 3.8) is 0 Å². The van der Waals surface area contributed by atoms with Gasteiger partial charge in [-0.1, -0.05) is 6.07 Å². The van der Waals surface area contributed by atoms with Crippen molar-refractivity contribution in [1.82, 2.24) is 5.32 Å². The molecule has 2 rings (SSSR count). The van der Waals surface area contributed by atoms with E-state index in [1.54, 1.807) is 11.3 Å². The summed E-state index contributed by atoms with van der Waals surface area (Å²) in [5, 5.41) is 14.5. The van der Waals surface area contributed by atoms with Crippen LogP contribution in [0.2, 0.25) is 0 Å². The van der Waals surface area contributed by atoms with Crippen molar-refractivity contribution in [3.05, 3.63) is 22.4 Å². The molecule has 1 atom stereocenters. The Balaban J connectivity index is 1.84. The van der Waals surface area contributed by atoms with Gasteiger partial charge in [-0.15, -0.1) is 11.3 Å². The molecule has 1 aromatic heterocycles. The summed E-state index contributed by atoms with van der Waals surface area (Å²) < 4.78 is 5.19. The van der Waals surface area contributed by atoms with Crippen LogP contribution in [0.4, 0.5) is 0 Å². The number of nitrogens with one attached hydrogen (secondary N) is 1. The van der Waals surface area contributed by atoms with Crippen molar-refractivity contribution in [2.45, 2.75) is 31.6 Å². The van der Waals surface area contributed by atoms with Gasteiger partial charge in [-0.3, -0.25) is 4.79 Å². The van der Waals surface area contributed by atoms with E-state index in [2.05, 4.69) is 5.32 Å². The van der Waals surface area contributed by atoms with E-state index < -0.39 is 7.12 Å². The van der Waals surface area contributed by atoms with Crippen LogP contribution in [-0.2, 0) is 15.9 Å². The van der Waals surface area contributed by atoms with Crippen LogP contribution in [0.25, 0.3) is 0 Å². The summed E-state index contributed by atoms with van der Waals surface area (Å²) in [5.74, 6) is -0.327. The molecule has 2 N–H and O–H groups in total. The Bertz CT molecular complexity index is 358. The lowest BCUT2D eigenvalue weighted by atomic mass is 9.76. The molecule has 1 aromatic rings. The van der Waals surface area contributed by atoms with Crippen molar-refractivity contribution < 1.29 is 14.5 Å². The van der Waals surface area contributed by atoms with Crippen LogP contribution < -0.4 is 5.32 Å². The molecule has 4 nitrogen and oxygen atoms in total. The Kier molecular flexibility index (Phi) is 4.59. The number of rotatable bonds is 3. The molecule has 6 heteroatoms. The molecule has 1 fully saturated rings. The molecule has 92 valence electrons. The van der Waals surface area contributed by atoms with Gasteiger partial charge >= 0.3 is 7.12 Å². The Morgan fingerprint density at radius 1 is 1.65 bits per heavy atom. The molecule has 1 amide bonds. The molecule has 0 aromatic carbocycles. The van der Waals surface area contributed by atoms with Gasteiger partial charge in [0.1, 0.15) is 0 Å². The summed E-state index contributed by atoms with van der Waals surface area (Å²) in [6, 6.07) is 3.86. The van der Waals surface area contributed by atoms with Crippen LogP contribution in [0.1, 0.15) is 24.1 Å². The average Bonchev–Trinajstić information content (AvgIpc) is 2.71. The van der Waals surface area contributed by atoms with Crippen molar-refractivity contribution >= 4 is 24.4 Å². The molecule has 1 saturated heterocycles. The Morgan fingerprint density at radius 3 is 3.29 bits per heavy atom. The average molecular weight is 253 g/mol. The van der Waals surface area contributed by atoms with E-state index in [4.69, 9.17) is 4.65 Å². The zero-order valence-corrected chi connectivity index (χ0v) is 10.4. The predicted molar refractivity (Wildman–Crippen MR) is 67.7 cm³/mol. The van der Waals surface area contributed by atoms with E-state index in [0.29, 0.717) is 13.0 Å². The summed E-state index contributed by atoms with van der Waals surface area (Å²) in [6.07, 6.45) is 3.06. The second-order valence-electron chi connectivity index (χ2n) is 4.19. The first kappa shape index (κ1) is 12.6. The number of carbonyl (C=O) groups excluding carboxylic acids is 1. The van der Waals surface area contributed by atoms with Gasteiger partial charge in [0.2, 0.25) is 5.91 Å². The van der Waals surface area contributed by atoms with E-state index in [1.165, 1.54) is 0 Å². The van der Waals surface area contributed by atoms with Crippen LogP contribution in [0.15, 0.2) is 17.5 Å². The van der Waals surface area contributed by atoms with E-state index in [0.717, 1.165) is 24.1 Å². The van der Waals surface area contributed by atoms with Crippen LogP contribution >= 0.6 is 11.3 Å². The van der Waals surface area contributed by atoms with E-state index in [-0.39, 0.29) is 11.8 Å². The first-order valence-corrected chi connectivity index (χ1v) is 6.75. The normalized spacial score (nSPS) is 21.0. The highest BCUT2D eigenvalue weighted by Gasteiger charge is 2.29. The van der Waals surface area contributed by atoms with Crippen LogP contribution in [0.5, 0.6) is 0 Å². The molecule has 1 aliphatic heterocycles. The lowest BCUT2D eigenvalue weighted by Crippen LogP contribution is -2.47. The highest BCUT2D eigenvalue weighted by Crippen LogP contribution is 2.12. The van der Waals surface area contributed by atoms with Crippen LogP contribution in [-0.4, -0.2) is 30.6 Å². The molecule has 0 spiro atoms. The van der Waals surface area contributed by atoms with Gasteiger partial charge < -0.3 is 15.0 Å². The molecular weight excluding hydrogens is 237 g/mol. The van der Waals surface area contributed by atoms with Crippen molar-refractivity contribution in [3.8, 4) is 0 Å². The second kappa shape index (κ2) is 6.19. The van der Waals surface area contributed by atoms with Gasteiger partial charge in [0.15, 0.2) is 0 Å². The molecule has 2 heterocycles. The first-order valence-electron chi connectivity index (χ1n) is 5.87. The standard InChI is InChI=1S/C11H16BNO3S/c14-11(8-9-4-3-7-17-9)13-10-5-1-2-6-16-12(10)15/h3-4,7,10,15H,1-2,5-6,8H2,(H,13,14). The molecule has 0 radical (unpaired) electrons. The third-order valence-electron chi connectivity index (χ3n) is 2.80. The number of amides is 1. The second-order valence-corrected chi connectivity index (χ2v) is 5.22. The molecule has 1 aliphatic rings. The summed E-state index contributed by atoms with van der Waals surface area (Å²) in [7, 11) is -0.871. The zero-order valence-electron chi connectivity index (χ0n) is 9.59. The lowest BCUT2D eigenvalue weighted by Gasteiger charge is -2.17. The van der Waals surface area contributed by atoms with Gasteiger partial charge in [-0.25, -0.2) is 0 Å². The summed E-state index contributed by atoms with van der Waals surface area (Å²) >= 11 is 1.56. The number of hydrogen-bond acceptors (Lipinski definition) is 4. The highest BCUT2D eigenvalue weighted by molar-refractivity contribution is 7.10. The molecule has 1 unspecified atom stereocenters. The van der Waals surface area contributed by atoms with E-state index in [9.17, 15) is 9.82 Å². The lowest BCUT2D eigenvalue weighted by molar-refractivity contribution is -0.120. The van der Waals surface area contributed by atoms with Crippen LogP contribution in [0, 0.1) is 0 Å². The molecule has 0 bridgehead atoms. The van der Waals surface area contributed by atoms with Gasteiger partial charge in [-0.2, -0.15) is 0 Å². The first-order chi connectivity index (χ1) is 8.25. The van der Waals surface area contributed by atoms with Gasteiger partial charge in [0.05, 0.1) is 12.4 Å². The van der Waals surface area contributed by atoms with Crippen molar-refractivity contribution in [1.29, 1.82) is 0 Å². The third-order valence-corrected chi connectivity index (χ3v) is 3.68. The monoisotopic (exact) mass is 253 g/mol. The Labute approximate surface area is 105 Å². The largest absolute Gasteiger partial charge is 0.478 e. The summed E-state index contributed by atoms with van der Waals surface area (Å²) in [6.45, 7) is 0.568. The van der Waals surface area contributed by atoms with E-state index in [1.807, 2.05) is 17.5 Å². The Hall–Kier alpha value is -0.845. The summed E-state index contributed by atoms with van der Waals surface area (Å²) in [4.78, 5) is 12.8. The van der Waals surface area contributed by atoms with Gasteiger partial charge in [0, 0.05) is 11.5 Å². The molecule has 0 saturated carbocycles. The van der Waals surface area contributed by atoms with Gasteiger partial charge in [-0.05, 0) is 30.7 Å². The fraction of sp³-hybridized carbons (Fsp3) is 0.545. The molecule has 17 heavy (non-hydrogen) atoms. The molecule has 0 aliphatic carbocycles. The molecular formula is C11H16BNO3S. The number of hydrogen-bond donors (Lipinski definition) is 2. The predicted octanol–water partition coefficient (Wildman–Crippen LogP) is 0.996. The van der Waals surface area contributed by atoms with Crippen LogP contribution in [0.3, 0.4) is 0 Å². The van der Waals surface area contributed by atoms with Crippen molar-refractivity contribution in [2.75, 3.05) is 6.61 Å². The summed E-state index contributed by atoms with van der Waals surface area (Å²) in [5.41, 5.74) is 0. The fourth-order valence-electron chi connectivity index (χ4n) is 1.90. The third kappa shape index (κ3) is 3.83. The SMILES string of the molecule is O=C(Cc1cccs1)NC1CCCCOB1O. The zero-order chi connectivity index (χ0) is 12.1. The van der Waals surface area contributed by atoms with Gasteiger partial charge in [0.25, 0.3) is 0 Å². The minimum Gasteiger partial charge on any atom is -0.426 e. The minimum absolute atomic E-state index is 0.0537. The maximum Gasteiger partial charge on any atom is 0.478 e. The quantitative estimate of drug-likeness (QED) is 0.790. The Morgan fingerprint density at radius 2 is 2.53 bits per heavy atom. The minimum atomic E-state index is -0.871. The smallest absolute Gasteiger partial charge is 0.426 e. The fourth-order valence-corrected chi connectivity index (χ4v) is 2.61. The maximum atomic E-state index is 11.8. The van der Waals surface area contributed by atoms with E-state index >= 15 is 0 Å². The highest BCUT2D eigenvalue weighted by atomic mass is 32.1. The topological polar surface area (TPSA) is 58.6 Å². The number of carbonyl (C=O) groups is 1. The maximum absolute atomic E-state index is 11.8. The number of thiophene rings is 1. The van der Waals surface area contributed by atoms with Crippen molar-refractivity contribution in [2.24, 2.45) is 0 Å².